The van der Waals surface area contributed by atoms with Crippen molar-refractivity contribution in [3.8, 4) is 0 Å². The Balaban J connectivity index is 1.78. The van der Waals surface area contributed by atoms with Crippen LogP contribution in [0.2, 0.25) is 0 Å². The van der Waals surface area contributed by atoms with E-state index in [1.54, 1.807) is 48.5 Å². The average molecular weight is 465 g/mol. The van der Waals surface area contributed by atoms with Crippen molar-refractivity contribution in [3.63, 3.8) is 0 Å². The molecular weight excluding hydrogens is 443 g/mol. The van der Waals surface area contributed by atoms with Crippen LogP contribution in [0.15, 0.2) is 78.5 Å². The Kier molecular flexibility index (Phi) is 5.91. The lowest BCUT2D eigenvalue weighted by atomic mass is 10.0. The minimum Gasteiger partial charge on any atom is -0.378 e. The summed E-state index contributed by atoms with van der Waals surface area (Å²) in [5, 5.41) is 2.79. The van der Waals surface area contributed by atoms with E-state index in [9.17, 15) is 22.8 Å². The van der Waals surface area contributed by atoms with Crippen molar-refractivity contribution >= 4 is 34.4 Å². The van der Waals surface area contributed by atoms with E-state index in [0.29, 0.717) is 11.3 Å². The van der Waals surface area contributed by atoms with Crippen LogP contribution in [0, 0.1) is 6.92 Å². The Morgan fingerprint density at radius 3 is 2.09 bits per heavy atom. The summed E-state index contributed by atoms with van der Waals surface area (Å²) in [6, 6.07) is 18.4. The molecule has 0 aliphatic carbocycles. The van der Waals surface area contributed by atoms with Crippen molar-refractivity contribution in [3.05, 3.63) is 95.2 Å². The van der Waals surface area contributed by atoms with Crippen LogP contribution in [0.25, 0.3) is 5.57 Å². The minimum atomic E-state index is -4.54. The maximum Gasteiger partial charge on any atom is 0.416 e. The van der Waals surface area contributed by atoms with E-state index in [0.717, 1.165) is 28.3 Å². The molecule has 0 saturated carbocycles. The van der Waals surface area contributed by atoms with Crippen molar-refractivity contribution in [1.29, 1.82) is 0 Å². The molecule has 0 bridgehead atoms. The molecule has 0 fully saturated rings. The quantitative estimate of drug-likeness (QED) is 0.508. The Labute approximate surface area is 195 Å². The molecule has 0 saturated heterocycles. The van der Waals surface area contributed by atoms with Crippen LogP contribution in [-0.2, 0) is 15.8 Å². The van der Waals surface area contributed by atoms with Gasteiger partial charge in [-0.2, -0.15) is 13.2 Å². The Bertz CT molecular complexity index is 1280. The van der Waals surface area contributed by atoms with Gasteiger partial charge in [0.1, 0.15) is 5.70 Å². The standard InChI is InChI=1S/C26H22F3N3O2/c1-16-7-9-17(10-8-16)22-23(30-19-6-4-5-18(15-19)26(27,28)29)25(34)32(24(22)33)21-13-11-20(12-14-21)31(2)3/h4-15,30H,1-3H3. The summed E-state index contributed by atoms with van der Waals surface area (Å²) in [4.78, 5) is 29.8. The fourth-order valence-corrected chi connectivity index (χ4v) is 3.69. The number of alkyl halides is 3. The lowest BCUT2D eigenvalue weighted by molar-refractivity contribution is -0.137. The lowest BCUT2D eigenvalue weighted by Gasteiger charge is -2.18. The first-order chi connectivity index (χ1) is 16.1. The van der Waals surface area contributed by atoms with Gasteiger partial charge in [-0.15, -0.1) is 0 Å². The molecule has 3 aromatic carbocycles. The third-order valence-electron chi connectivity index (χ3n) is 5.51. The summed E-state index contributed by atoms with van der Waals surface area (Å²) >= 11 is 0. The van der Waals surface area contributed by atoms with Crippen molar-refractivity contribution in [2.24, 2.45) is 0 Å². The van der Waals surface area contributed by atoms with Gasteiger partial charge in [-0.25, -0.2) is 4.90 Å². The predicted octanol–water partition coefficient (Wildman–Crippen LogP) is 5.48. The highest BCUT2D eigenvalue weighted by Crippen LogP contribution is 2.36. The van der Waals surface area contributed by atoms with Gasteiger partial charge in [-0.1, -0.05) is 35.9 Å². The number of aryl methyl sites for hydroxylation is 1. The molecule has 0 unspecified atom stereocenters. The number of halogens is 3. The van der Waals surface area contributed by atoms with Crippen molar-refractivity contribution in [2.75, 3.05) is 29.2 Å². The smallest absolute Gasteiger partial charge is 0.378 e. The van der Waals surface area contributed by atoms with Gasteiger partial charge in [0.05, 0.1) is 16.8 Å². The number of benzene rings is 3. The molecule has 0 spiro atoms. The van der Waals surface area contributed by atoms with Gasteiger partial charge in [0, 0.05) is 25.5 Å². The second-order valence-corrected chi connectivity index (χ2v) is 8.18. The number of nitrogens with zero attached hydrogens (tertiary/aromatic N) is 2. The van der Waals surface area contributed by atoms with Crippen LogP contribution >= 0.6 is 0 Å². The number of carbonyl (C=O) groups is 2. The second-order valence-electron chi connectivity index (χ2n) is 8.18. The molecule has 174 valence electrons. The average Bonchev–Trinajstić information content (AvgIpc) is 3.03. The highest BCUT2D eigenvalue weighted by molar-refractivity contribution is 6.46. The fourth-order valence-electron chi connectivity index (χ4n) is 3.69. The van der Waals surface area contributed by atoms with Gasteiger partial charge in [-0.05, 0) is 55.0 Å². The number of carbonyl (C=O) groups excluding carboxylic acids is 2. The van der Waals surface area contributed by atoms with E-state index in [4.69, 9.17) is 0 Å². The van der Waals surface area contributed by atoms with Gasteiger partial charge in [0.2, 0.25) is 0 Å². The first-order valence-electron chi connectivity index (χ1n) is 10.5. The molecule has 5 nitrogen and oxygen atoms in total. The highest BCUT2D eigenvalue weighted by Gasteiger charge is 2.40. The summed E-state index contributed by atoms with van der Waals surface area (Å²) in [6.45, 7) is 1.89. The van der Waals surface area contributed by atoms with Crippen molar-refractivity contribution < 1.29 is 22.8 Å². The van der Waals surface area contributed by atoms with E-state index in [-0.39, 0.29) is 17.0 Å². The minimum absolute atomic E-state index is 0.0559. The van der Waals surface area contributed by atoms with Crippen LogP contribution in [0.5, 0.6) is 0 Å². The molecule has 4 rings (SSSR count). The van der Waals surface area contributed by atoms with Gasteiger partial charge < -0.3 is 10.2 Å². The molecule has 0 atom stereocenters. The molecule has 8 heteroatoms. The molecule has 3 aromatic rings. The summed E-state index contributed by atoms with van der Waals surface area (Å²) in [5.41, 5.74) is 1.92. The number of hydrogen-bond donors (Lipinski definition) is 1. The second kappa shape index (κ2) is 8.70. The number of amides is 2. The first kappa shape index (κ1) is 23.1. The molecule has 0 radical (unpaired) electrons. The number of nitrogens with one attached hydrogen (secondary N) is 1. The number of rotatable bonds is 5. The maximum absolute atomic E-state index is 13.5. The highest BCUT2D eigenvalue weighted by atomic mass is 19.4. The topological polar surface area (TPSA) is 52.7 Å². The summed E-state index contributed by atoms with van der Waals surface area (Å²) in [7, 11) is 3.74. The van der Waals surface area contributed by atoms with E-state index >= 15 is 0 Å². The number of imide groups is 1. The lowest BCUT2D eigenvalue weighted by Crippen LogP contribution is -2.32. The van der Waals surface area contributed by atoms with E-state index < -0.39 is 23.6 Å². The zero-order valence-corrected chi connectivity index (χ0v) is 18.8. The fraction of sp³-hybridized carbons (Fsp3) is 0.154. The normalized spacial score (nSPS) is 14.1. The molecule has 0 aromatic heterocycles. The third-order valence-corrected chi connectivity index (χ3v) is 5.51. The number of hydrogen-bond acceptors (Lipinski definition) is 4. The van der Waals surface area contributed by atoms with Crippen molar-refractivity contribution in [1.82, 2.24) is 0 Å². The number of anilines is 3. The Morgan fingerprint density at radius 2 is 1.50 bits per heavy atom. The monoisotopic (exact) mass is 465 g/mol. The molecule has 1 aliphatic heterocycles. The first-order valence-corrected chi connectivity index (χ1v) is 10.5. The van der Waals surface area contributed by atoms with Crippen LogP contribution in [0.1, 0.15) is 16.7 Å². The van der Waals surface area contributed by atoms with Gasteiger partial charge in [0.25, 0.3) is 11.8 Å². The predicted molar refractivity (Wildman–Crippen MR) is 126 cm³/mol. The molecule has 2 amide bonds. The van der Waals surface area contributed by atoms with Crippen LogP contribution in [-0.4, -0.2) is 25.9 Å². The molecule has 1 heterocycles. The van der Waals surface area contributed by atoms with Crippen LogP contribution < -0.4 is 15.1 Å². The largest absolute Gasteiger partial charge is 0.416 e. The van der Waals surface area contributed by atoms with Crippen LogP contribution in [0.3, 0.4) is 0 Å². The SMILES string of the molecule is Cc1ccc(C2=C(Nc3cccc(C(F)(F)F)c3)C(=O)N(c3ccc(N(C)C)cc3)C2=O)cc1. The van der Waals surface area contributed by atoms with Crippen molar-refractivity contribution in [2.45, 2.75) is 13.1 Å². The van der Waals surface area contributed by atoms with Crippen LogP contribution in [0.4, 0.5) is 30.2 Å². The Hall–Kier alpha value is -4.07. The third kappa shape index (κ3) is 4.39. The van der Waals surface area contributed by atoms with E-state index in [1.807, 2.05) is 25.9 Å². The summed E-state index contributed by atoms with van der Waals surface area (Å²) in [6.07, 6.45) is -4.54. The van der Waals surface area contributed by atoms with Gasteiger partial charge in [0.15, 0.2) is 0 Å². The summed E-state index contributed by atoms with van der Waals surface area (Å²) in [5.74, 6) is -1.20. The zero-order chi connectivity index (χ0) is 24.6. The molecule has 1 N–H and O–H groups in total. The molecule has 34 heavy (non-hydrogen) atoms. The van der Waals surface area contributed by atoms with E-state index in [2.05, 4.69) is 5.32 Å². The Morgan fingerprint density at radius 1 is 0.853 bits per heavy atom. The zero-order valence-electron chi connectivity index (χ0n) is 18.8. The summed E-state index contributed by atoms with van der Waals surface area (Å²) < 4.78 is 39.6. The molecule has 1 aliphatic rings. The van der Waals surface area contributed by atoms with Gasteiger partial charge >= 0.3 is 6.18 Å². The molecular formula is C26H22F3N3O2. The maximum atomic E-state index is 13.5. The van der Waals surface area contributed by atoms with E-state index in [1.165, 1.54) is 12.1 Å². The van der Waals surface area contributed by atoms with Gasteiger partial charge in [-0.3, -0.25) is 9.59 Å².